The van der Waals surface area contributed by atoms with Gasteiger partial charge in [-0.05, 0) is 51.4 Å². The van der Waals surface area contributed by atoms with Gasteiger partial charge in [-0.1, -0.05) is 28.9 Å². The van der Waals surface area contributed by atoms with Crippen LogP contribution in [0.1, 0.15) is 45.7 Å². The molecule has 0 amide bonds. The predicted molar refractivity (Wildman–Crippen MR) is 93.1 cm³/mol. The molecule has 4 heteroatoms. The lowest BCUT2D eigenvalue weighted by Gasteiger charge is -2.38. The molecule has 0 saturated carbocycles. The maximum Gasteiger partial charge on any atom is 0.0726 e. The van der Waals surface area contributed by atoms with Gasteiger partial charge in [-0.15, -0.1) is 0 Å². The maximum atomic E-state index is 5.86. The average molecular weight is 355 g/mol. The minimum absolute atomic E-state index is 0.277. The van der Waals surface area contributed by atoms with Crippen molar-refractivity contribution in [3.05, 3.63) is 28.2 Å². The molecule has 1 saturated heterocycles. The smallest absolute Gasteiger partial charge is 0.0726 e. The van der Waals surface area contributed by atoms with Crippen LogP contribution >= 0.6 is 15.9 Å². The Morgan fingerprint density at radius 2 is 2.00 bits per heavy atom. The molecule has 1 aliphatic heterocycles. The van der Waals surface area contributed by atoms with Crippen LogP contribution < -0.4 is 10.2 Å². The van der Waals surface area contributed by atoms with Crippen molar-refractivity contribution in [1.29, 1.82) is 0 Å². The van der Waals surface area contributed by atoms with Gasteiger partial charge in [0, 0.05) is 29.3 Å². The molecule has 1 aromatic carbocycles. The van der Waals surface area contributed by atoms with Gasteiger partial charge >= 0.3 is 0 Å². The Morgan fingerprint density at radius 1 is 1.33 bits per heavy atom. The van der Waals surface area contributed by atoms with Crippen LogP contribution in [0.15, 0.2) is 22.7 Å². The zero-order chi connectivity index (χ0) is 15.4. The van der Waals surface area contributed by atoms with Crippen LogP contribution in [-0.2, 0) is 4.74 Å². The van der Waals surface area contributed by atoms with Gasteiger partial charge in [-0.3, -0.25) is 0 Å². The van der Waals surface area contributed by atoms with Crippen LogP contribution in [0, 0.1) is 0 Å². The van der Waals surface area contributed by atoms with E-state index in [4.69, 9.17) is 4.74 Å². The first-order valence-electron chi connectivity index (χ1n) is 7.94. The van der Waals surface area contributed by atoms with Crippen molar-refractivity contribution in [3.8, 4) is 0 Å². The second-order valence-electron chi connectivity index (χ2n) is 6.04. The lowest BCUT2D eigenvalue weighted by Crippen LogP contribution is -2.46. The highest BCUT2D eigenvalue weighted by atomic mass is 79.9. The number of hydrogen-bond donors (Lipinski definition) is 1. The molecule has 0 radical (unpaired) electrons. The fourth-order valence-corrected chi connectivity index (χ4v) is 3.35. The summed E-state index contributed by atoms with van der Waals surface area (Å²) in [5.74, 6) is 0. The van der Waals surface area contributed by atoms with E-state index in [0.29, 0.717) is 6.04 Å². The molecule has 3 nitrogen and oxygen atoms in total. The third-order valence-electron chi connectivity index (χ3n) is 3.92. The third kappa shape index (κ3) is 4.44. The molecule has 1 heterocycles. The van der Waals surface area contributed by atoms with Gasteiger partial charge in [-0.2, -0.15) is 0 Å². The van der Waals surface area contributed by atoms with Gasteiger partial charge in [0.15, 0.2) is 0 Å². The molecule has 0 aliphatic carbocycles. The summed E-state index contributed by atoms with van der Waals surface area (Å²) in [5, 5.41) is 3.60. The van der Waals surface area contributed by atoms with Crippen molar-refractivity contribution < 1.29 is 4.74 Å². The monoisotopic (exact) mass is 354 g/mol. The summed E-state index contributed by atoms with van der Waals surface area (Å²) in [4.78, 5) is 2.46. The van der Waals surface area contributed by atoms with Gasteiger partial charge in [0.2, 0.25) is 0 Å². The Labute approximate surface area is 137 Å². The summed E-state index contributed by atoms with van der Waals surface area (Å²) < 4.78 is 7.00. The van der Waals surface area contributed by atoms with Crippen molar-refractivity contribution in [2.75, 3.05) is 24.5 Å². The van der Waals surface area contributed by atoms with Crippen LogP contribution in [0.2, 0.25) is 0 Å². The molecule has 0 bridgehead atoms. The second-order valence-corrected chi connectivity index (χ2v) is 6.96. The van der Waals surface area contributed by atoms with Crippen LogP contribution in [0.25, 0.3) is 0 Å². The molecule has 0 spiro atoms. The molecular weight excluding hydrogens is 328 g/mol. The van der Waals surface area contributed by atoms with Crippen molar-refractivity contribution >= 4 is 21.6 Å². The number of anilines is 1. The number of nitrogens with one attached hydrogen (secondary N) is 1. The number of benzene rings is 1. The topological polar surface area (TPSA) is 24.5 Å². The normalized spacial score (nSPS) is 24.1. The van der Waals surface area contributed by atoms with Gasteiger partial charge < -0.3 is 15.0 Å². The highest BCUT2D eigenvalue weighted by Gasteiger charge is 2.25. The first kappa shape index (κ1) is 16.8. The van der Waals surface area contributed by atoms with Crippen molar-refractivity contribution in [2.24, 2.45) is 0 Å². The molecule has 1 N–H and O–H groups in total. The Kier molecular flexibility index (Phi) is 6.08. The first-order valence-corrected chi connectivity index (χ1v) is 8.73. The van der Waals surface area contributed by atoms with Crippen LogP contribution in [0.3, 0.4) is 0 Å². The van der Waals surface area contributed by atoms with Crippen LogP contribution in [0.4, 0.5) is 5.69 Å². The minimum atomic E-state index is 0.277. The first-order chi connectivity index (χ1) is 10.0. The summed E-state index contributed by atoms with van der Waals surface area (Å²) in [6, 6.07) is 6.97. The molecule has 0 aromatic heterocycles. The molecule has 3 atom stereocenters. The van der Waals surface area contributed by atoms with E-state index < -0.39 is 0 Å². The summed E-state index contributed by atoms with van der Waals surface area (Å²) in [5.41, 5.74) is 2.69. The van der Waals surface area contributed by atoms with Crippen molar-refractivity contribution in [2.45, 2.75) is 52.4 Å². The summed E-state index contributed by atoms with van der Waals surface area (Å²) in [6.45, 7) is 11.7. The lowest BCUT2D eigenvalue weighted by atomic mass is 10.0. The van der Waals surface area contributed by atoms with Crippen LogP contribution in [0.5, 0.6) is 0 Å². The Bertz CT molecular complexity index is 456. The zero-order valence-corrected chi connectivity index (χ0v) is 15.1. The van der Waals surface area contributed by atoms with E-state index >= 15 is 0 Å². The Morgan fingerprint density at radius 3 is 2.62 bits per heavy atom. The number of morpholine rings is 1. The van der Waals surface area contributed by atoms with E-state index in [1.165, 1.54) is 11.3 Å². The summed E-state index contributed by atoms with van der Waals surface area (Å²) in [7, 11) is 0. The minimum Gasteiger partial charge on any atom is -0.372 e. The lowest BCUT2D eigenvalue weighted by molar-refractivity contribution is -0.00528. The van der Waals surface area contributed by atoms with E-state index in [2.05, 4.69) is 72.0 Å². The molecule has 1 aromatic rings. The number of halogens is 1. The summed E-state index contributed by atoms with van der Waals surface area (Å²) in [6.07, 6.45) is 1.71. The number of ether oxygens (including phenoxy) is 1. The van der Waals surface area contributed by atoms with E-state index in [1.54, 1.807) is 0 Å². The van der Waals surface area contributed by atoms with Gasteiger partial charge in [0.1, 0.15) is 0 Å². The molecule has 2 rings (SSSR count). The van der Waals surface area contributed by atoms with Gasteiger partial charge in [0.05, 0.1) is 12.2 Å². The Hall–Kier alpha value is -0.580. The van der Waals surface area contributed by atoms with Crippen LogP contribution in [-0.4, -0.2) is 31.8 Å². The highest BCUT2D eigenvalue weighted by Crippen LogP contribution is 2.31. The summed E-state index contributed by atoms with van der Waals surface area (Å²) >= 11 is 3.62. The maximum absolute atomic E-state index is 5.86. The predicted octanol–water partition coefficient (Wildman–Crippen LogP) is 4.12. The van der Waals surface area contributed by atoms with E-state index in [0.717, 1.165) is 30.5 Å². The van der Waals surface area contributed by atoms with Crippen molar-refractivity contribution in [1.82, 2.24) is 5.32 Å². The highest BCUT2D eigenvalue weighted by molar-refractivity contribution is 9.10. The molecule has 21 heavy (non-hydrogen) atoms. The van der Waals surface area contributed by atoms with Gasteiger partial charge in [0.25, 0.3) is 0 Å². The quantitative estimate of drug-likeness (QED) is 0.860. The largest absolute Gasteiger partial charge is 0.372 e. The van der Waals surface area contributed by atoms with E-state index in [-0.39, 0.29) is 12.2 Å². The fraction of sp³-hybridized carbons (Fsp3) is 0.647. The molecular formula is C17H27BrN2O. The van der Waals surface area contributed by atoms with Crippen molar-refractivity contribution in [3.63, 3.8) is 0 Å². The standard InChI is InChI=1S/C17H27BrN2O/c1-5-8-19-14(4)16-7-6-15(18)9-17(16)20-10-12(2)21-13(3)11-20/h6-7,9,12-14,19H,5,8,10-11H2,1-4H3/t12-,13+,14?. The average Bonchev–Trinajstić information content (AvgIpc) is 2.43. The molecule has 118 valence electrons. The van der Waals surface area contributed by atoms with Gasteiger partial charge in [-0.25, -0.2) is 0 Å². The second kappa shape index (κ2) is 7.61. The zero-order valence-electron chi connectivity index (χ0n) is 13.5. The number of hydrogen-bond acceptors (Lipinski definition) is 3. The molecule has 1 aliphatic rings. The molecule has 1 fully saturated rings. The number of rotatable bonds is 5. The Balaban J connectivity index is 2.26. The SMILES string of the molecule is CCCNC(C)c1ccc(Br)cc1N1C[C@@H](C)O[C@@H](C)C1. The van der Waals surface area contributed by atoms with E-state index in [9.17, 15) is 0 Å². The fourth-order valence-electron chi connectivity index (χ4n) is 3.00. The number of nitrogens with zero attached hydrogens (tertiary/aromatic N) is 1. The third-order valence-corrected chi connectivity index (χ3v) is 4.41. The van der Waals surface area contributed by atoms with E-state index in [1.807, 2.05) is 0 Å². The molecule has 1 unspecified atom stereocenters.